The average molecular weight is 447 g/mol. The van der Waals surface area contributed by atoms with Crippen LogP contribution < -0.4 is 20.4 Å². The molecule has 0 radical (unpaired) electrons. The van der Waals surface area contributed by atoms with Crippen LogP contribution in [-0.4, -0.2) is 59.9 Å². The highest BCUT2D eigenvalue weighted by molar-refractivity contribution is 7.80. The van der Waals surface area contributed by atoms with E-state index < -0.39 is 0 Å². The minimum absolute atomic E-state index is 0.184. The number of hydrogen-bond donors (Lipinski definition) is 2. The van der Waals surface area contributed by atoms with Crippen molar-refractivity contribution in [1.82, 2.24) is 15.3 Å². The molecule has 166 valence electrons. The lowest BCUT2D eigenvalue weighted by Gasteiger charge is -2.37. The molecule has 0 bridgehead atoms. The lowest BCUT2D eigenvalue weighted by atomic mass is 10.2. The molecule has 1 aliphatic heterocycles. The number of carbonyl (C=O) groups is 1. The molecule has 0 saturated carbocycles. The normalized spacial score (nSPS) is 14.7. The van der Waals surface area contributed by atoms with Crippen LogP contribution in [0.1, 0.15) is 20.3 Å². The van der Waals surface area contributed by atoms with Crippen molar-refractivity contribution in [3.63, 3.8) is 0 Å². The number of piperazine rings is 1. The van der Waals surface area contributed by atoms with Crippen LogP contribution in [0.2, 0.25) is 0 Å². The topological polar surface area (TPSA) is 82.6 Å². The molecule has 8 nitrogen and oxygen atoms in total. The molecule has 1 aromatic heterocycles. The summed E-state index contributed by atoms with van der Waals surface area (Å²) in [6.07, 6.45) is 3.37. The van der Waals surface area contributed by atoms with Crippen molar-refractivity contribution in [2.24, 2.45) is 0 Å². The molecule has 10 heteroatoms. The van der Waals surface area contributed by atoms with Crippen LogP contribution in [-0.2, 0) is 9.53 Å². The number of carbonyl (C=O) groups excluding carboxylic acids is 1. The van der Waals surface area contributed by atoms with Gasteiger partial charge in [-0.3, -0.25) is 4.79 Å². The van der Waals surface area contributed by atoms with Gasteiger partial charge in [0, 0.05) is 32.2 Å². The Morgan fingerprint density at radius 3 is 2.68 bits per heavy atom. The first-order valence-electron chi connectivity index (χ1n) is 10.3. The fourth-order valence-electron chi connectivity index (χ4n) is 3.43. The van der Waals surface area contributed by atoms with Gasteiger partial charge in [0.1, 0.15) is 17.8 Å². The number of benzene rings is 1. The van der Waals surface area contributed by atoms with Gasteiger partial charge in [-0.2, -0.15) is 0 Å². The first kappa shape index (κ1) is 22.7. The summed E-state index contributed by atoms with van der Waals surface area (Å²) in [5, 5.41) is 6.58. The maximum Gasteiger partial charge on any atom is 0.307 e. The van der Waals surface area contributed by atoms with E-state index in [1.54, 1.807) is 25.3 Å². The number of para-hydroxylation sites is 1. The highest BCUT2D eigenvalue weighted by Gasteiger charge is 2.22. The molecule has 31 heavy (non-hydrogen) atoms. The van der Waals surface area contributed by atoms with Crippen molar-refractivity contribution in [3.05, 3.63) is 42.6 Å². The zero-order valence-electron chi connectivity index (χ0n) is 17.7. The van der Waals surface area contributed by atoms with E-state index in [0.29, 0.717) is 49.3 Å². The van der Waals surface area contributed by atoms with Crippen LogP contribution in [0.25, 0.3) is 0 Å². The second-order valence-electron chi connectivity index (χ2n) is 7.19. The van der Waals surface area contributed by atoms with E-state index >= 15 is 0 Å². The monoisotopic (exact) mass is 446 g/mol. The van der Waals surface area contributed by atoms with E-state index in [0.717, 1.165) is 5.82 Å². The maximum absolute atomic E-state index is 14.1. The van der Waals surface area contributed by atoms with E-state index in [1.165, 1.54) is 12.4 Å². The van der Waals surface area contributed by atoms with Crippen LogP contribution in [0, 0.1) is 5.82 Å². The molecule has 1 fully saturated rings. The third kappa shape index (κ3) is 6.24. The van der Waals surface area contributed by atoms with Crippen molar-refractivity contribution in [3.8, 4) is 0 Å². The van der Waals surface area contributed by atoms with Gasteiger partial charge < -0.3 is 25.2 Å². The van der Waals surface area contributed by atoms with Crippen LogP contribution in [0.5, 0.6) is 0 Å². The zero-order valence-corrected chi connectivity index (χ0v) is 18.5. The van der Waals surface area contributed by atoms with Crippen molar-refractivity contribution in [2.75, 3.05) is 47.9 Å². The molecule has 0 aliphatic carbocycles. The van der Waals surface area contributed by atoms with Gasteiger partial charge in [-0.05, 0) is 38.2 Å². The van der Waals surface area contributed by atoms with Gasteiger partial charge in [0.05, 0.1) is 24.9 Å². The molecule has 0 amide bonds. The Morgan fingerprint density at radius 1 is 1.26 bits per heavy atom. The van der Waals surface area contributed by atoms with E-state index in [2.05, 4.69) is 25.5 Å². The molecule has 2 heterocycles. The molecule has 1 saturated heterocycles. The van der Waals surface area contributed by atoms with Crippen LogP contribution >= 0.6 is 12.2 Å². The lowest BCUT2D eigenvalue weighted by molar-refractivity contribution is -0.143. The Kier molecular flexibility index (Phi) is 7.94. The predicted molar refractivity (Wildman–Crippen MR) is 123 cm³/mol. The summed E-state index contributed by atoms with van der Waals surface area (Å²) in [5.41, 5.74) is 1.28. The van der Waals surface area contributed by atoms with Crippen molar-refractivity contribution in [2.45, 2.75) is 26.3 Å². The third-order valence-electron chi connectivity index (χ3n) is 4.87. The van der Waals surface area contributed by atoms with Crippen LogP contribution in [0.3, 0.4) is 0 Å². The number of halogens is 1. The highest BCUT2D eigenvalue weighted by atomic mass is 32.1. The molecular weight excluding hydrogens is 419 g/mol. The van der Waals surface area contributed by atoms with Crippen molar-refractivity contribution < 1.29 is 13.9 Å². The number of nitrogens with one attached hydrogen (secondary N) is 2. The SMILES string of the molecule is CCOC(=O)CC(C)NC(=S)Nc1cncnc1N1CCN(c2ccccc2F)CC1. The number of anilines is 3. The van der Waals surface area contributed by atoms with E-state index in [9.17, 15) is 9.18 Å². The van der Waals surface area contributed by atoms with E-state index in [-0.39, 0.29) is 24.2 Å². The molecular formula is C21H27FN6O2S. The summed E-state index contributed by atoms with van der Waals surface area (Å²) in [6, 6.07) is 6.62. The fourth-order valence-corrected chi connectivity index (χ4v) is 3.74. The maximum atomic E-state index is 14.1. The Morgan fingerprint density at radius 2 is 1.97 bits per heavy atom. The van der Waals surface area contributed by atoms with Crippen molar-refractivity contribution >= 4 is 40.5 Å². The smallest absolute Gasteiger partial charge is 0.307 e. The molecule has 1 aromatic carbocycles. The summed E-state index contributed by atoms with van der Waals surface area (Å²) in [5.74, 6) is 0.237. The van der Waals surface area contributed by atoms with Gasteiger partial charge in [-0.1, -0.05) is 12.1 Å². The number of ether oxygens (including phenoxy) is 1. The molecule has 2 aromatic rings. The molecule has 3 rings (SSSR count). The largest absolute Gasteiger partial charge is 0.466 e. The summed E-state index contributed by atoms with van der Waals surface area (Å²) in [7, 11) is 0. The Bertz CT molecular complexity index is 907. The number of aromatic nitrogens is 2. The highest BCUT2D eigenvalue weighted by Crippen LogP contribution is 2.25. The number of hydrogen-bond acceptors (Lipinski definition) is 7. The van der Waals surface area contributed by atoms with Crippen LogP contribution in [0.4, 0.5) is 21.6 Å². The van der Waals surface area contributed by atoms with Gasteiger partial charge in [-0.15, -0.1) is 0 Å². The van der Waals surface area contributed by atoms with E-state index in [1.807, 2.05) is 17.9 Å². The molecule has 1 atom stereocenters. The zero-order chi connectivity index (χ0) is 22.2. The average Bonchev–Trinajstić information content (AvgIpc) is 2.74. The minimum atomic E-state index is -0.276. The predicted octanol–water partition coefficient (Wildman–Crippen LogP) is 2.57. The number of esters is 1. The summed E-state index contributed by atoms with van der Waals surface area (Å²) < 4.78 is 19.1. The number of thiocarbonyl (C=S) groups is 1. The molecule has 1 unspecified atom stereocenters. The number of rotatable bonds is 7. The molecule has 1 aliphatic rings. The summed E-state index contributed by atoms with van der Waals surface area (Å²) >= 11 is 5.39. The quantitative estimate of drug-likeness (QED) is 0.492. The number of nitrogens with zero attached hydrogens (tertiary/aromatic N) is 4. The Balaban J connectivity index is 1.59. The van der Waals surface area contributed by atoms with Gasteiger partial charge >= 0.3 is 5.97 Å². The first-order valence-corrected chi connectivity index (χ1v) is 10.7. The van der Waals surface area contributed by atoms with Gasteiger partial charge in [-0.25, -0.2) is 14.4 Å². The minimum Gasteiger partial charge on any atom is -0.466 e. The van der Waals surface area contributed by atoms with Gasteiger partial charge in [0.25, 0.3) is 0 Å². The third-order valence-corrected chi connectivity index (χ3v) is 5.09. The fraction of sp³-hybridized carbons (Fsp3) is 0.429. The summed E-state index contributed by atoms with van der Waals surface area (Å²) in [6.45, 7) is 6.68. The van der Waals surface area contributed by atoms with Gasteiger partial charge in [0.2, 0.25) is 0 Å². The van der Waals surface area contributed by atoms with Crippen LogP contribution in [0.15, 0.2) is 36.8 Å². The standard InChI is InChI=1S/C21H27FN6O2S/c1-3-30-19(29)12-15(2)25-21(31)26-17-13-23-14-24-20(17)28-10-8-27(9-11-28)18-7-5-4-6-16(18)22/h4-7,13-15H,3,8-12H2,1-2H3,(H2,25,26,31). The Hall–Kier alpha value is -3.01. The van der Waals surface area contributed by atoms with Gasteiger partial charge in [0.15, 0.2) is 10.9 Å². The second kappa shape index (κ2) is 10.9. The first-order chi connectivity index (χ1) is 15.0. The second-order valence-corrected chi connectivity index (χ2v) is 7.60. The Labute approximate surface area is 186 Å². The molecule has 0 spiro atoms. The van der Waals surface area contributed by atoms with E-state index in [4.69, 9.17) is 17.0 Å². The lowest BCUT2D eigenvalue weighted by Crippen LogP contribution is -2.47. The van der Waals surface area contributed by atoms with Crippen molar-refractivity contribution in [1.29, 1.82) is 0 Å². The molecule has 2 N–H and O–H groups in total. The summed E-state index contributed by atoms with van der Waals surface area (Å²) in [4.78, 5) is 24.3.